The van der Waals surface area contributed by atoms with Crippen LogP contribution in [0.15, 0.2) is 37.2 Å². The molecule has 0 amide bonds. The zero-order valence-electron chi connectivity index (χ0n) is 11.7. The highest BCUT2D eigenvalue weighted by Gasteiger charge is 2.30. The summed E-state index contributed by atoms with van der Waals surface area (Å²) in [5, 5.41) is 0. The zero-order valence-corrected chi connectivity index (χ0v) is 11.7. The molecule has 2 heterocycles. The van der Waals surface area contributed by atoms with Crippen LogP contribution >= 0.6 is 0 Å². The van der Waals surface area contributed by atoms with Gasteiger partial charge >= 0.3 is 0 Å². The van der Waals surface area contributed by atoms with Crippen molar-refractivity contribution in [3.05, 3.63) is 42.7 Å². The Morgan fingerprint density at radius 3 is 2.74 bits per heavy atom. The Hall–Kier alpha value is -1.23. The Morgan fingerprint density at radius 1 is 1.47 bits per heavy atom. The topological polar surface area (TPSA) is 34.6 Å². The molecule has 1 atom stereocenters. The quantitative estimate of drug-likeness (QED) is 0.762. The van der Waals surface area contributed by atoms with Crippen molar-refractivity contribution < 1.29 is 9.47 Å². The number of ether oxygens (including phenoxy) is 2. The third-order valence-corrected chi connectivity index (χ3v) is 3.38. The number of hydrogen-bond donors (Lipinski definition) is 0. The van der Waals surface area contributed by atoms with Gasteiger partial charge in [0.25, 0.3) is 0 Å². The van der Waals surface area contributed by atoms with Gasteiger partial charge in [-0.25, -0.2) is 0 Å². The van der Waals surface area contributed by atoms with Crippen LogP contribution in [0.25, 0.3) is 0 Å². The molecule has 4 nitrogen and oxygen atoms in total. The van der Waals surface area contributed by atoms with Crippen LogP contribution in [0.2, 0.25) is 0 Å². The molecule has 19 heavy (non-hydrogen) atoms. The van der Waals surface area contributed by atoms with Crippen molar-refractivity contribution in [1.82, 2.24) is 9.88 Å². The van der Waals surface area contributed by atoms with Gasteiger partial charge in [-0.15, -0.1) is 6.58 Å². The van der Waals surface area contributed by atoms with Crippen molar-refractivity contribution in [2.24, 2.45) is 5.92 Å². The summed E-state index contributed by atoms with van der Waals surface area (Å²) >= 11 is 0. The maximum absolute atomic E-state index is 5.74. The van der Waals surface area contributed by atoms with E-state index < -0.39 is 0 Å². The molecule has 0 saturated carbocycles. The van der Waals surface area contributed by atoms with E-state index >= 15 is 0 Å². The molecule has 0 aliphatic carbocycles. The fraction of sp³-hybridized carbons (Fsp3) is 0.533. The van der Waals surface area contributed by atoms with Crippen LogP contribution in [0.1, 0.15) is 18.0 Å². The normalized spacial score (nSPS) is 25.2. The first kappa shape index (κ1) is 14.2. The zero-order chi connectivity index (χ0) is 13.7. The number of aromatic nitrogens is 1. The lowest BCUT2D eigenvalue weighted by atomic mass is 9.94. The smallest absolute Gasteiger partial charge is 0.160 e. The minimum Gasteiger partial charge on any atom is -0.352 e. The Bertz CT molecular complexity index is 386. The number of pyridine rings is 1. The van der Waals surface area contributed by atoms with Crippen LogP contribution < -0.4 is 0 Å². The fourth-order valence-corrected chi connectivity index (χ4v) is 2.56. The SMILES string of the molecule is C=CCC1OCC(C(c2cccnc2)N(C)C)CO1. The fourth-order valence-electron chi connectivity index (χ4n) is 2.56. The van der Waals surface area contributed by atoms with Gasteiger partial charge in [0.2, 0.25) is 0 Å². The maximum Gasteiger partial charge on any atom is 0.160 e. The molecule has 1 unspecified atom stereocenters. The van der Waals surface area contributed by atoms with E-state index in [1.807, 2.05) is 18.3 Å². The Kier molecular flexibility index (Phi) is 5.07. The molecule has 0 N–H and O–H groups in total. The van der Waals surface area contributed by atoms with Crippen LogP contribution in [0.4, 0.5) is 0 Å². The molecule has 2 rings (SSSR count). The molecule has 0 radical (unpaired) electrons. The molecule has 0 spiro atoms. The Labute approximate surface area is 115 Å². The van der Waals surface area contributed by atoms with Gasteiger partial charge in [-0.2, -0.15) is 0 Å². The highest BCUT2D eigenvalue weighted by molar-refractivity contribution is 5.15. The van der Waals surface area contributed by atoms with Gasteiger partial charge < -0.3 is 14.4 Å². The van der Waals surface area contributed by atoms with Gasteiger partial charge in [0.05, 0.1) is 13.2 Å². The molecular weight excluding hydrogens is 240 g/mol. The van der Waals surface area contributed by atoms with Crippen LogP contribution in [0, 0.1) is 5.92 Å². The Balaban J connectivity index is 2.04. The van der Waals surface area contributed by atoms with Crippen LogP contribution in [0.5, 0.6) is 0 Å². The van der Waals surface area contributed by atoms with Crippen molar-refractivity contribution in [2.45, 2.75) is 18.8 Å². The second-order valence-corrected chi connectivity index (χ2v) is 5.08. The number of hydrogen-bond acceptors (Lipinski definition) is 4. The van der Waals surface area contributed by atoms with E-state index in [9.17, 15) is 0 Å². The van der Waals surface area contributed by atoms with E-state index in [2.05, 4.69) is 36.6 Å². The minimum absolute atomic E-state index is 0.134. The summed E-state index contributed by atoms with van der Waals surface area (Å²) < 4.78 is 11.5. The lowest BCUT2D eigenvalue weighted by molar-refractivity contribution is -0.206. The van der Waals surface area contributed by atoms with E-state index in [4.69, 9.17) is 9.47 Å². The van der Waals surface area contributed by atoms with Gasteiger partial charge in [-0.05, 0) is 25.7 Å². The third kappa shape index (κ3) is 3.62. The molecule has 1 aromatic rings. The monoisotopic (exact) mass is 262 g/mol. The summed E-state index contributed by atoms with van der Waals surface area (Å²) in [6.07, 6.45) is 6.15. The maximum atomic E-state index is 5.74. The summed E-state index contributed by atoms with van der Waals surface area (Å²) in [6.45, 7) is 5.12. The third-order valence-electron chi connectivity index (χ3n) is 3.38. The van der Waals surface area contributed by atoms with Crippen molar-refractivity contribution >= 4 is 0 Å². The first-order valence-corrected chi connectivity index (χ1v) is 6.63. The lowest BCUT2D eigenvalue weighted by Crippen LogP contribution is -2.39. The molecule has 104 valence electrons. The highest BCUT2D eigenvalue weighted by Crippen LogP contribution is 2.30. The summed E-state index contributed by atoms with van der Waals surface area (Å²) in [5.74, 6) is 0.320. The number of rotatable bonds is 5. The van der Waals surface area contributed by atoms with Crippen molar-refractivity contribution in [3.8, 4) is 0 Å². The standard InChI is InChI=1S/C15H22N2O2/c1-4-6-14-18-10-13(11-19-14)15(17(2)3)12-7-5-8-16-9-12/h4-5,7-9,13-15H,1,6,10-11H2,2-3H3. The summed E-state index contributed by atoms with van der Waals surface area (Å²) in [6, 6.07) is 4.34. The van der Waals surface area contributed by atoms with Crippen LogP contribution in [0.3, 0.4) is 0 Å². The van der Waals surface area contributed by atoms with Gasteiger partial charge in [0, 0.05) is 30.8 Å². The van der Waals surface area contributed by atoms with E-state index in [1.165, 1.54) is 5.56 Å². The molecule has 1 aliphatic heterocycles. The molecule has 1 fully saturated rings. The predicted molar refractivity (Wildman–Crippen MR) is 74.7 cm³/mol. The van der Waals surface area contributed by atoms with Gasteiger partial charge in [-0.3, -0.25) is 4.98 Å². The van der Waals surface area contributed by atoms with Crippen LogP contribution in [-0.4, -0.2) is 43.5 Å². The average Bonchev–Trinajstić information content (AvgIpc) is 2.42. The van der Waals surface area contributed by atoms with E-state index in [0.29, 0.717) is 19.1 Å². The van der Waals surface area contributed by atoms with Gasteiger partial charge in [0.15, 0.2) is 6.29 Å². The van der Waals surface area contributed by atoms with Crippen molar-refractivity contribution in [2.75, 3.05) is 27.3 Å². The second-order valence-electron chi connectivity index (χ2n) is 5.08. The van der Waals surface area contributed by atoms with Crippen molar-refractivity contribution in [1.29, 1.82) is 0 Å². The number of nitrogens with zero attached hydrogens (tertiary/aromatic N) is 2. The van der Waals surface area contributed by atoms with Crippen LogP contribution in [-0.2, 0) is 9.47 Å². The second kappa shape index (κ2) is 6.80. The summed E-state index contributed by atoms with van der Waals surface area (Å²) in [7, 11) is 4.15. The summed E-state index contributed by atoms with van der Waals surface area (Å²) in [5.41, 5.74) is 1.20. The molecule has 1 aliphatic rings. The lowest BCUT2D eigenvalue weighted by Gasteiger charge is -2.37. The summed E-state index contributed by atoms with van der Waals surface area (Å²) in [4.78, 5) is 6.40. The molecule has 1 aromatic heterocycles. The molecule has 0 aromatic carbocycles. The van der Waals surface area contributed by atoms with Crippen molar-refractivity contribution in [3.63, 3.8) is 0 Å². The van der Waals surface area contributed by atoms with E-state index in [1.54, 1.807) is 6.20 Å². The van der Waals surface area contributed by atoms with Gasteiger partial charge in [0.1, 0.15) is 0 Å². The van der Waals surface area contributed by atoms with E-state index in [-0.39, 0.29) is 12.3 Å². The van der Waals surface area contributed by atoms with E-state index in [0.717, 1.165) is 6.42 Å². The van der Waals surface area contributed by atoms with Gasteiger partial charge in [-0.1, -0.05) is 12.1 Å². The predicted octanol–water partition coefficient (Wildman–Crippen LogP) is 2.25. The molecule has 1 saturated heterocycles. The Morgan fingerprint density at radius 2 is 2.21 bits per heavy atom. The first-order valence-electron chi connectivity index (χ1n) is 6.63. The molecule has 4 heteroatoms. The molecular formula is C15H22N2O2. The first-order chi connectivity index (χ1) is 9.22. The average molecular weight is 262 g/mol. The largest absolute Gasteiger partial charge is 0.352 e. The highest BCUT2D eigenvalue weighted by atomic mass is 16.7. The molecule has 0 bridgehead atoms. The minimum atomic E-state index is -0.134.